The Kier molecular flexibility index (Phi) is 3.92. The van der Waals surface area contributed by atoms with E-state index in [4.69, 9.17) is 0 Å². The molecule has 0 aromatic carbocycles. The first-order valence-corrected chi connectivity index (χ1v) is 7.95. The van der Waals surface area contributed by atoms with Crippen LogP contribution in [-0.2, 0) is 0 Å². The van der Waals surface area contributed by atoms with Crippen LogP contribution < -0.4 is 5.32 Å². The van der Waals surface area contributed by atoms with Gasteiger partial charge in [-0.1, -0.05) is 6.92 Å². The number of rotatable bonds is 3. The molecule has 3 nitrogen and oxygen atoms in total. The molecule has 0 unspecified atom stereocenters. The molecule has 0 radical (unpaired) electrons. The summed E-state index contributed by atoms with van der Waals surface area (Å²) in [5.74, 6) is 0.967. The Morgan fingerprint density at radius 1 is 1.06 bits per heavy atom. The standard InChI is InChI=1S/C15H29N3/c1-2-17-12-15(13-17)5-9-18(10-6-15)11-14-3-7-16-8-4-14/h14,16H,2-13H2,1H3. The summed E-state index contributed by atoms with van der Waals surface area (Å²) < 4.78 is 0. The molecule has 1 spiro atoms. The number of hydrogen-bond donors (Lipinski definition) is 1. The topological polar surface area (TPSA) is 18.5 Å². The van der Waals surface area contributed by atoms with Gasteiger partial charge in [0.25, 0.3) is 0 Å². The van der Waals surface area contributed by atoms with E-state index in [9.17, 15) is 0 Å². The van der Waals surface area contributed by atoms with Crippen molar-refractivity contribution in [3.8, 4) is 0 Å². The lowest BCUT2D eigenvalue weighted by Gasteiger charge is -2.54. The minimum Gasteiger partial charge on any atom is -0.317 e. The Labute approximate surface area is 112 Å². The summed E-state index contributed by atoms with van der Waals surface area (Å²) in [5, 5.41) is 3.47. The van der Waals surface area contributed by atoms with Gasteiger partial charge in [-0.25, -0.2) is 0 Å². The zero-order valence-electron chi connectivity index (χ0n) is 12.0. The van der Waals surface area contributed by atoms with Crippen molar-refractivity contribution < 1.29 is 0 Å². The summed E-state index contributed by atoms with van der Waals surface area (Å²) in [6.07, 6.45) is 5.69. The molecule has 0 bridgehead atoms. The van der Waals surface area contributed by atoms with Gasteiger partial charge in [-0.2, -0.15) is 0 Å². The van der Waals surface area contributed by atoms with Gasteiger partial charge in [-0.15, -0.1) is 0 Å². The summed E-state index contributed by atoms with van der Waals surface area (Å²) in [6.45, 7) is 12.9. The number of likely N-dealkylation sites (tertiary alicyclic amines) is 2. The largest absolute Gasteiger partial charge is 0.317 e. The van der Waals surface area contributed by atoms with E-state index in [0.29, 0.717) is 0 Å². The van der Waals surface area contributed by atoms with Crippen molar-refractivity contribution in [2.24, 2.45) is 11.3 Å². The predicted octanol–water partition coefficient (Wildman–Crippen LogP) is 1.40. The lowest BCUT2D eigenvalue weighted by molar-refractivity contribution is -0.0460. The van der Waals surface area contributed by atoms with E-state index >= 15 is 0 Å². The van der Waals surface area contributed by atoms with Crippen LogP contribution in [0.5, 0.6) is 0 Å². The van der Waals surface area contributed by atoms with Gasteiger partial charge in [-0.05, 0) is 69.7 Å². The number of nitrogens with zero attached hydrogens (tertiary/aromatic N) is 2. The highest BCUT2D eigenvalue weighted by atomic mass is 15.2. The fraction of sp³-hybridized carbons (Fsp3) is 1.00. The van der Waals surface area contributed by atoms with Crippen molar-refractivity contribution >= 4 is 0 Å². The van der Waals surface area contributed by atoms with Gasteiger partial charge in [0.2, 0.25) is 0 Å². The molecule has 3 fully saturated rings. The summed E-state index contributed by atoms with van der Waals surface area (Å²) in [4.78, 5) is 5.35. The summed E-state index contributed by atoms with van der Waals surface area (Å²) in [6, 6.07) is 0. The first-order chi connectivity index (χ1) is 8.80. The zero-order chi connectivity index (χ0) is 12.4. The van der Waals surface area contributed by atoms with E-state index in [-0.39, 0.29) is 0 Å². The summed E-state index contributed by atoms with van der Waals surface area (Å²) >= 11 is 0. The molecular formula is C15H29N3. The van der Waals surface area contributed by atoms with Crippen LogP contribution >= 0.6 is 0 Å². The maximum Gasteiger partial charge on any atom is 0.00513 e. The second-order valence-corrected chi connectivity index (χ2v) is 6.80. The highest BCUT2D eigenvalue weighted by Gasteiger charge is 2.43. The van der Waals surface area contributed by atoms with E-state index in [1.165, 1.54) is 78.0 Å². The lowest BCUT2D eigenvalue weighted by atomic mass is 9.72. The van der Waals surface area contributed by atoms with Crippen LogP contribution in [0.3, 0.4) is 0 Å². The van der Waals surface area contributed by atoms with E-state index in [1.54, 1.807) is 0 Å². The van der Waals surface area contributed by atoms with E-state index in [1.807, 2.05) is 0 Å². The molecule has 0 aromatic rings. The van der Waals surface area contributed by atoms with Gasteiger partial charge in [-0.3, -0.25) is 0 Å². The summed E-state index contributed by atoms with van der Waals surface area (Å²) in [7, 11) is 0. The third-order valence-electron chi connectivity index (χ3n) is 5.46. The monoisotopic (exact) mass is 251 g/mol. The molecular weight excluding hydrogens is 222 g/mol. The molecule has 0 aliphatic carbocycles. The Morgan fingerprint density at radius 3 is 2.33 bits per heavy atom. The third kappa shape index (κ3) is 2.73. The Hall–Kier alpha value is -0.120. The molecule has 3 heteroatoms. The highest BCUT2D eigenvalue weighted by Crippen LogP contribution is 2.40. The van der Waals surface area contributed by atoms with Gasteiger partial charge in [0.15, 0.2) is 0 Å². The second-order valence-electron chi connectivity index (χ2n) is 6.80. The minimum absolute atomic E-state index is 0.723. The molecule has 3 rings (SSSR count). The van der Waals surface area contributed by atoms with Gasteiger partial charge in [0, 0.05) is 19.6 Å². The van der Waals surface area contributed by atoms with Crippen LogP contribution in [0.2, 0.25) is 0 Å². The fourth-order valence-corrected chi connectivity index (χ4v) is 4.08. The molecule has 1 N–H and O–H groups in total. The molecule has 3 aliphatic heterocycles. The van der Waals surface area contributed by atoms with Crippen molar-refractivity contribution in [3.63, 3.8) is 0 Å². The zero-order valence-corrected chi connectivity index (χ0v) is 12.0. The molecule has 3 aliphatic rings. The molecule has 18 heavy (non-hydrogen) atoms. The van der Waals surface area contributed by atoms with Crippen LogP contribution in [0.1, 0.15) is 32.6 Å². The second kappa shape index (κ2) is 5.48. The Balaban J connectivity index is 1.40. The number of nitrogens with one attached hydrogen (secondary N) is 1. The first-order valence-electron chi connectivity index (χ1n) is 7.95. The maximum absolute atomic E-state index is 3.47. The molecule has 3 saturated heterocycles. The molecule has 3 heterocycles. The highest BCUT2D eigenvalue weighted by molar-refractivity contribution is 4.97. The van der Waals surface area contributed by atoms with Gasteiger partial charge in [0.1, 0.15) is 0 Å². The Morgan fingerprint density at radius 2 is 1.72 bits per heavy atom. The maximum atomic E-state index is 3.47. The van der Waals surface area contributed by atoms with Crippen molar-refractivity contribution in [1.82, 2.24) is 15.1 Å². The predicted molar refractivity (Wildman–Crippen MR) is 75.8 cm³/mol. The van der Waals surface area contributed by atoms with Crippen LogP contribution in [0.15, 0.2) is 0 Å². The lowest BCUT2D eigenvalue weighted by Crippen LogP contribution is -2.60. The van der Waals surface area contributed by atoms with E-state index in [0.717, 1.165) is 11.3 Å². The van der Waals surface area contributed by atoms with Crippen LogP contribution in [0.25, 0.3) is 0 Å². The molecule has 0 aromatic heterocycles. The normalized spacial score (nSPS) is 30.5. The van der Waals surface area contributed by atoms with Crippen LogP contribution in [-0.4, -0.2) is 62.2 Å². The van der Waals surface area contributed by atoms with Crippen LogP contribution in [0.4, 0.5) is 0 Å². The minimum atomic E-state index is 0.723. The molecule has 0 amide bonds. The fourth-order valence-electron chi connectivity index (χ4n) is 4.08. The SMILES string of the molecule is CCN1CC2(CCN(CC3CCNCC3)CC2)C1. The molecule has 0 saturated carbocycles. The number of piperidine rings is 2. The van der Waals surface area contributed by atoms with Crippen molar-refractivity contribution in [3.05, 3.63) is 0 Å². The first kappa shape index (κ1) is 12.9. The quantitative estimate of drug-likeness (QED) is 0.818. The van der Waals surface area contributed by atoms with Crippen molar-refractivity contribution in [1.29, 1.82) is 0 Å². The average molecular weight is 251 g/mol. The van der Waals surface area contributed by atoms with Gasteiger partial charge < -0.3 is 15.1 Å². The number of hydrogen-bond acceptors (Lipinski definition) is 3. The third-order valence-corrected chi connectivity index (χ3v) is 5.46. The van der Waals surface area contributed by atoms with E-state index in [2.05, 4.69) is 22.0 Å². The van der Waals surface area contributed by atoms with Crippen molar-refractivity contribution in [2.45, 2.75) is 32.6 Å². The van der Waals surface area contributed by atoms with Gasteiger partial charge in [0.05, 0.1) is 0 Å². The smallest absolute Gasteiger partial charge is 0.00513 e. The van der Waals surface area contributed by atoms with Gasteiger partial charge >= 0.3 is 0 Å². The van der Waals surface area contributed by atoms with E-state index < -0.39 is 0 Å². The van der Waals surface area contributed by atoms with Crippen LogP contribution in [0, 0.1) is 11.3 Å². The average Bonchev–Trinajstić information content (AvgIpc) is 2.38. The molecule has 0 atom stereocenters. The summed E-state index contributed by atoms with van der Waals surface area (Å²) in [5.41, 5.74) is 0.723. The Bertz CT molecular complexity index is 257. The molecule has 104 valence electrons. The van der Waals surface area contributed by atoms with Crippen molar-refractivity contribution in [2.75, 3.05) is 52.4 Å².